The third kappa shape index (κ3) is 6.53. The molecule has 0 heterocycles. The molecule has 0 bridgehead atoms. The van der Waals surface area contributed by atoms with Gasteiger partial charge in [-0.25, -0.2) is 4.99 Å². The number of halogens is 2. The van der Waals surface area contributed by atoms with Crippen LogP contribution in [0.25, 0.3) is 0 Å². The highest BCUT2D eigenvalue weighted by Crippen LogP contribution is 2.33. The average Bonchev–Trinajstić information content (AvgIpc) is 3.04. The number of rotatable bonds is 9. The van der Waals surface area contributed by atoms with E-state index < -0.39 is 6.61 Å². The van der Waals surface area contributed by atoms with E-state index in [2.05, 4.69) is 20.4 Å². The molecule has 1 saturated carbocycles. The van der Waals surface area contributed by atoms with E-state index in [-0.39, 0.29) is 30.1 Å². The lowest BCUT2D eigenvalue weighted by atomic mass is 10.1. The van der Waals surface area contributed by atoms with Gasteiger partial charge in [0.15, 0.2) is 17.5 Å². The van der Waals surface area contributed by atoms with Gasteiger partial charge in [0.1, 0.15) is 0 Å². The van der Waals surface area contributed by atoms with E-state index in [9.17, 15) is 13.9 Å². The van der Waals surface area contributed by atoms with Crippen LogP contribution in [-0.4, -0.2) is 43.5 Å². The van der Waals surface area contributed by atoms with Crippen molar-refractivity contribution in [3.05, 3.63) is 23.8 Å². The lowest BCUT2D eigenvalue weighted by molar-refractivity contribution is -0.0520. The zero-order chi connectivity index (χ0) is 19.6. The van der Waals surface area contributed by atoms with Crippen LogP contribution >= 0.6 is 0 Å². The number of hydrogen-bond donors (Lipinski definition) is 3. The van der Waals surface area contributed by atoms with Crippen molar-refractivity contribution in [2.75, 3.05) is 19.7 Å². The number of aliphatic imine (C=N–C) groups is 1. The Bertz CT molecular complexity index is 614. The Morgan fingerprint density at radius 2 is 2.11 bits per heavy atom. The van der Waals surface area contributed by atoms with Crippen molar-refractivity contribution in [2.45, 2.75) is 52.4 Å². The third-order valence-corrected chi connectivity index (χ3v) is 4.47. The van der Waals surface area contributed by atoms with Crippen molar-refractivity contribution in [3.8, 4) is 11.5 Å². The van der Waals surface area contributed by atoms with E-state index in [4.69, 9.17) is 4.74 Å². The fourth-order valence-corrected chi connectivity index (χ4v) is 3.17. The van der Waals surface area contributed by atoms with Crippen molar-refractivity contribution >= 4 is 5.96 Å². The summed E-state index contributed by atoms with van der Waals surface area (Å²) >= 11 is 0. The maximum absolute atomic E-state index is 12.8. The van der Waals surface area contributed by atoms with Gasteiger partial charge < -0.3 is 25.2 Å². The van der Waals surface area contributed by atoms with Crippen molar-refractivity contribution < 1.29 is 23.4 Å². The molecule has 0 saturated heterocycles. The predicted molar refractivity (Wildman–Crippen MR) is 100 cm³/mol. The Morgan fingerprint density at radius 1 is 1.30 bits per heavy atom. The number of nitrogens with zero attached hydrogens (tertiary/aromatic N) is 1. The Morgan fingerprint density at radius 3 is 2.74 bits per heavy atom. The van der Waals surface area contributed by atoms with Gasteiger partial charge >= 0.3 is 6.61 Å². The smallest absolute Gasteiger partial charge is 0.387 e. The van der Waals surface area contributed by atoms with Crippen LogP contribution < -0.4 is 20.1 Å². The van der Waals surface area contributed by atoms with Crippen molar-refractivity contribution in [1.82, 2.24) is 10.6 Å². The lowest BCUT2D eigenvalue weighted by Crippen LogP contribution is -2.41. The summed E-state index contributed by atoms with van der Waals surface area (Å²) in [5, 5.41) is 16.3. The SMILES string of the molecule is CCNC(=NCc1cccc(OCC)c1OC(F)F)NCC1CCCC1O. The van der Waals surface area contributed by atoms with Crippen LogP contribution in [0.5, 0.6) is 11.5 Å². The molecule has 6 nitrogen and oxygen atoms in total. The number of aliphatic hydroxyl groups is 1. The molecule has 1 aliphatic rings. The fourth-order valence-electron chi connectivity index (χ4n) is 3.17. The number of ether oxygens (including phenoxy) is 2. The van der Waals surface area contributed by atoms with E-state index in [1.54, 1.807) is 25.1 Å². The molecular weight excluding hydrogens is 356 g/mol. The number of para-hydroxylation sites is 1. The first kappa shape index (κ1) is 21.2. The topological polar surface area (TPSA) is 75.1 Å². The quantitative estimate of drug-likeness (QED) is 0.450. The number of guanidine groups is 1. The summed E-state index contributed by atoms with van der Waals surface area (Å²) in [5.74, 6) is 1.06. The van der Waals surface area contributed by atoms with Gasteiger partial charge in [-0.2, -0.15) is 8.78 Å². The Labute approximate surface area is 159 Å². The highest BCUT2D eigenvalue weighted by molar-refractivity contribution is 5.79. The van der Waals surface area contributed by atoms with Gasteiger partial charge in [-0.15, -0.1) is 0 Å². The zero-order valence-corrected chi connectivity index (χ0v) is 15.9. The van der Waals surface area contributed by atoms with Crippen molar-refractivity contribution in [1.29, 1.82) is 0 Å². The summed E-state index contributed by atoms with van der Waals surface area (Å²) in [6.07, 6.45) is 2.56. The molecule has 2 rings (SSSR count). The maximum Gasteiger partial charge on any atom is 0.387 e. The third-order valence-electron chi connectivity index (χ3n) is 4.47. The standard InChI is InChI=1S/C19H29F2N3O3/c1-3-22-19(23-11-13-7-5-9-15(13)25)24-12-14-8-6-10-16(26-4-2)17(14)27-18(20)21/h6,8,10,13,15,18,25H,3-5,7,9,11-12H2,1-2H3,(H2,22,23,24). The Kier molecular flexibility index (Phi) is 8.57. The van der Waals surface area contributed by atoms with Gasteiger partial charge in [-0.3, -0.25) is 0 Å². The lowest BCUT2D eigenvalue weighted by Gasteiger charge is -2.18. The Hall–Kier alpha value is -2.09. The fraction of sp³-hybridized carbons (Fsp3) is 0.632. The zero-order valence-electron chi connectivity index (χ0n) is 15.9. The highest BCUT2D eigenvalue weighted by atomic mass is 19.3. The monoisotopic (exact) mass is 385 g/mol. The largest absolute Gasteiger partial charge is 0.490 e. The highest BCUT2D eigenvalue weighted by Gasteiger charge is 2.25. The number of benzene rings is 1. The number of alkyl halides is 2. The van der Waals surface area contributed by atoms with Crippen LogP contribution in [0.15, 0.2) is 23.2 Å². The molecule has 0 amide bonds. The van der Waals surface area contributed by atoms with Gasteiger partial charge in [-0.1, -0.05) is 18.6 Å². The molecule has 1 aromatic rings. The van der Waals surface area contributed by atoms with Crippen LogP contribution in [-0.2, 0) is 6.54 Å². The molecule has 1 aliphatic carbocycles. The molecule has 0 aromatic heterocycles. The molecule has 152 valence electrons. The second-order valence-corrected chi connectivity index (χ2v) is 6.39. The summed E-state index contributed by atoms with van der Waals surface area (Å²) in [7, 11) is 0. The summed E-state index contributed by atoms with van der Waals surface area (Å²) in [6.45, 7) is 2.57. The molecule has 2 atom stereocenters. The molecule has 8 heteroatoms. The van der Waals surface area contributed by atoms with Gasteiger partial charge in [0.05, 0.1) is 19.3 Å². The van der Waals surface area contributed by atoms with Crippen molar-refractivity contribution in [2.24, 2.45) is 10.9 Å². The molecular formula is C19H29F2N3O3. The van der Waals surface area contributed by atoms with Crippen LogP contribution in [0, 0.1) is 5.92 Å². The second kappa shape index (κ2) is 10.9. The molecule has 0 radical (unpaired) electrons. The number of hydrogen-bond acceptors (Lipinski definition) is 4. The van der Waals surface area contributed by atoms with E-state index in [1.165, 1.54) is 0 Å². The molecule has 27 heavy (non-hydrogen) atoms. The van der Waals surface area contributed by atoms with Crippen LogP contribution in [0.3, 0.4) is 0 Å². The Balaban J connectivity index is 2.10. The first-order valence-electron chi connectivity index (χ1n) is 9.44. The van der Waals surface area contributed by atoms with E-state index in [0.29, 0.717) is 31.2 Å². The molecule has 0 aliphatic heterocycles. The molecule has 2 unspecified atom stereocenters. The van der Waals surface area contributed by atoms with Gasteiger partial charge in [-0.05, 0) is 32.8 Å². The van der Waals surface area contributed by atoms with E-state index in [0.717, 1.165) is 19.3 Å². The minimum atomic E-state index is -2.94. The minimum Gasteiger partial charge on any atom is -0.490 e. The van der Waals surface area contributed by atoms with Gasteiger partial charge in [0.25, 0.3) is 0 Å². The van der Waals surface area contributed by atoms with Gasteiger partial charge in [0, 0.05) is 24.6 Å². The number of nitrogens with one attached hydrogen (secondary N) is 2. The first-order valence-corrected chi connectivity index (χ1v) is 9.44. The van der Waals surface area contributed by atoms with Crippen LogP contribution in [0.1, 0.15) is 38.7 Å². The molecule has 1 aromatic carbocycles. The summed E-state index contributed by atoms with van der Waals surface area (Å²) < 4.78 is 35.7. The molecule has 0 spiro atoms. The average molecular weight is 385 g/mol. The summed E-state index contributed by atoms with van der Waals surface area (Å²) in [5.41, 5.74) is 0.513. The number of aliphatic hydroxyl groups excluding tert-OH is 1. The first-order chi connectivity index (χ1) is 13.0. The maximum atomic E-state index is 12.8. The van der Waals surface area contributed by atoms with E-state index in [1.807, 2.05) is 6.92 Å². The van der Waals surface area contributed by atoms with E-state index >= 15 is 0 Å². The second-order valence-electron chi connectivity index (χ2n) is 6.39. The molecule has 3 N–H and O–H groups in total. The predicted octanol–water partition coefficient (Wildman–Crippen LogP) is 2.90. The van der Waals surface area contributed by atoms with Crippen LogP contribution in [0.4, 0.5) is 8.78 Å². The normalized spacial score (nSPS) is 20.0. The summed E-state index contributed by atoms with van der Waals surface area (Å²) in [6, 6.07) is 5.01. The van der Waals surface area contributed by atoms with Crippen LogP contribution in [0.2, 0.25) is 0 Å². The van der Waals surface area contributed by atoms with Gasteiger partial charge in [0.2, 0.25) is 0 Å². The van der Waals surface area contributed by atoms with Crippen molar-refractivity contribution in [3.63, 3.8) is 0 Å². The molecule has 1 fully saturated rings. The minimum absolute atomic E-state index is 0.0140. The summed E-state index contributed by atoms with van der Waals surface area (Å²) in [4.78, 5) is 4.47.